The Morgan fingerprint density at radius 3 is 2.19 bits per heavy atom. The van der Waals surface area contributed by atoms with E-state index in [4.69, 9.17) is 23.2 Å². The third kappa shape index (κ3) is 6.34. The van der Waals surface area contributed by atoms with Crippen LogP contribution >= 0.6 is 34.5 Å². The Morgan fingerprint density at radius 2 is 1.65 bits per heavy atom. The molecule has 0 aliphatic rings. The van der Waals surface area contributed by atoms with E-state index in [0.29, 0.717) is 4.21 Å². The van der Waals surface area contributed by atoms with E-state index in [2.05, 4.69) is 14.2 Å². The lowest BCUT2D eigenvalue weighted by Crippen LogP contribution is -2.18. The van der Waals surface area contributed by atoms with Gasteiger partial charge in [0.1, 0.15) is 22.8 Å². The maximum atomic E-state index is 12.7. The Bertz CT molecular complexity index is 1160. The molecular weight excluding hydrogens is 520 g/mol. The van der Waals surface area contributed by atoms with Crippen LogP contribution in [-0.2, 0) is 21.4 Å². The van der Waals surface area contributed by atoms with Gasteiger partial charge in [-0.15, -0.1) is 13.2 Å². The summed E-state index contributed by atoms with van der Waals surface area (Å²) < 4.78 is 83.8. The zero-order valence-corrected chi connectivity index (χ0v) is 18.9. The highest BCUT2D eigenvalue weighted by Gasteiger charge is 2.31. The zero-order valence-electron chi connectivity index (χ0n) is 14.9. The summed E-state index contributed by atoms with van der Waals surface area (Å²) in [5, 5.41) is 1.84. The first-order chi connectivity index (χ1) is 14.4. The molecule has 2 aromatic carbocycles. The molecule has 0 amide bonds. The molecule has 0 spiro atoms. The van der Waals surface area contributed by atoms with Gasteiger partial charge in [0, 0.05) is 6.07 Å². The fourth-order valence-corrected chi connectivity index (χ4v) is 5.42. The molecule has 3 aromatic rings. The van der Waals surface area contributed by atoms with Crippen molar-refractivity contribution in [1.29, 1.82) is 0 Å². The highest BCUT2D eigenvalue weighted by atomic mass is 35.5. The van der Waals surface area contributed by atoms with Gasteiger partial charge in [0.15, 0.2) is 0 Å². The second-order valence-electron chi connectivity index (χ2n) is 5.74. The van der Waals surface area contributed by atoms with Crippen molar-refractivity contribution in [2.45, 2.75) is 15.5 Å². The topological polar surface area (TPSA) is 90.5 Å². The number of hydrogen-bond acceptors (Lipinski definition) is 6. The van der Waals surface area contributed by atoms with Crippen molar-refractivity contribution in [1.82, 2.24) is 0 Å². The van der Waals surface area contributed by atoms with Gasteiger partial charge in [0.25, 0.3) is 10.0 Å². The van der Waals surface area contributed by atoms with E-state index in [9.17, 15) is 26.1 Å². The van der Waals surface area contributed by atoms with Crippen LogP contribution in [0.3, 0.4) is 0 Å². The van der Waals surface area contributed by atoms with Crippen molar-refractivity contribution >= 4 is 67.3 Å². The average molecular weight is 531 g/mol. The van der Waals surface area contributed by atoms with Crippen LogP contribution in [0.4, 0.5) is 24.5 Å². The van der Waals surface area contributed by atoms with Crippen LogP contribution in [0.1, 0.15) is 0 Å². The molecule has 31 heavy (non-hydrogen) atoms. The molecule has 0 fully saturated rings. The largest absolute Gasteiger partial charge is 0.587 e. The Labute approximate surface area is 192 Å². The summed E-state index contributed by atoms with van der Waals surface area (Å²) in [6.07, 6.45) is -4.91. The molecule has 0 saturated heterocycles. The molecule has 0 radical (unpaired) electrons. The Morgan fingerprint density at radius 1 is 1.03 bits per heavy atom. The second kappa shape index (κ2) is 9.35. The third-order valence-electron chi connectivity index (χ3n) is 3.55. The molecule has 0 bridgehead atoms. The number of benzene rings is 2. The Hall–Kier alpha value is -1.83. The van der Waals surface area contributed by atoms with Crippen LogP contribution in [0, 0.1) is 0 Å². The van der Waals surface area contributed by atoms with E-state index in [-0.39, 0.29) is 26.3 Å². The van der Waals surface area contributed by atoms with Gasteiger partial charge >= 0.3 is 6.36 Å². The summed E-state index contributed by atoms with van der Waals surface area (Å²) in [4.78, 5) is -0.335. The van der Waals surface area contributed by atoms with Crippen LogP contribution in [0.2, 0.25) is 10.0 Å². The molecule has 1 aromatic heterocycles. The smallest absolute Gasteiger partial charge is 0.573 e. The van der Waals surface area contributed by atoms with Crippen LogP contribution < -0.4 is 14.2 Å². The van der Waals surface area contributed by atoms with E-state index in [1.54, 1.807) is 17.5 Å². The Balaban J connectivity index is 1.87. The van der Waals surface area contributed by atoms with Gasteiger partial charge in [-0.05, 0) is 47.8 Å². The van der Waals surface area contributed by atoms with Gasteiger partial charge in [-0.3, -0.25) is 4.72 Å². The van der Waals surface area contributed by atoms with Crippen LogP contribution in [0.25, 0.3) is 0 Å². The first-order valence-corrected chi connectivity index (χ1v) is 12.3. The number of hydrogen-bond donors (Lipinski definition) is 2. The molecule has 0 aliphatic heterocycles. The van der Waals surface area contributed by atoms with E-state index in [1.807, 2.05) is 0 Å². The minimum Gasteiger partial charge on any atom is -0.587 e. The number of thiophene rings is 1. The predicted octanol–water partition coefficient (Wildman–Crippen LogP) is 5.89. The van der Waals surface area contributed by atoms with Crippen LogP contribution in [-0.4, -0.2) is 19.3 Å². The number of ether oxygens (including phenoxy) is 1. The fourth-order valence-electron chi connectivity index (χ4n) is 2.26. The molecule has 2 N–H and O–H groups in total. The van der Waals surface area contributed by atoms with E-state index >= 15 is 0 Å². The molecule has 0 saturated carbocycles. The number of sulfonamides is 1. The van der Waals surface area contributed by atoms with E-state index in [1.165, 1.54) is 23.5 Å². The van der Waals surface area contributed by atoms with Crippen molar-refractivity contribution in [3.8, 4) is 5.75 Å². The predicted molar refractivity (Wildman–Crippen MR) is 115 cm³/mol. The molecule has 166 valence electrons. The molecule has 3 rings (SSSR count). The lowest BCUT2D eigenvalue weighted by Gasteiger charge is -2.16. The minimum atomic E-state index is -4.91. The summed E-state index contributed by atoms with van der Waals surface area (Å²) in [6, 6.07) is 9.45. The third-order valence-corrected chi connectivity index (χ3v) is 7.97. The number of rotatable bonds is 7. The van der Waals surface area contributed by atoms with Gasteiger partial charge < -0.3 is 9.29 Å². The van der Waals surface area contributed by atoms with E-state index < -0.39 is 33.5 Å². The second-order valence-corrected chi connectivity index (χ2v) is 10.6. The number of nitrogens with one attached hydrogen (secondary N) is 2. The van der Waals surface area contributed by atoms with Crippen molar-refractivity contribution in [2.24, 2.45) is 0 Å². The molecule has 1 heterocycles. The van der Waals surface area contributed by atoms with Crippen molar-refractivity contribution in [3.63, 3.8) is 0 Å². The SMILES string of the molecule is O=S(=O)(Nc1cc(Cl)c(Cl)cc1N[S+]([O-])c1cccs1)c1ccc(OC(F)(F)F)cc1. The number of alkyl halides is 3. The maximum absolute atomic E-state index is 12.7. The summed E-state index contributed by atoms with van der Waals surface area (Å²) in [5.41, 5.74) is 0.0247. The van der Waals surface area contributed by atoms with Gasteiger partial charge in [0.2, 0.25) is 4.21 Å². The lowest BCUT2D eigenvalue weighted by molar-refractivity contribution is -0.274. The highest BCUT2D eigenvalue weighted by Crippen LogP contribution is 2.36. The quantitative estimate of drug-likeness (QED) is 0.371. The van der Waals surface area contributed by atoms with Crippen molar-refractivity contribution in [2.75, 3.05) is 9.44 Å². The molecule has 6 nitrogen and oxygen atoms in total. The Kier molecular flexibility index (Phi) is 7.18. The van der Waals surface area contributed by atoms with Gasteiger partial charge in [0.05, 0.1) is 20.6 Å². The lowest BCUT2D eigenvalue weighted by atomic mass is 10.3. The average Bonchev–Trinajstić information content (AvgIpc) is 3.19. The summed E-state index contributed by atoms with van der Waals surface area (Å²) >= 11 is 11.5. The van der Waals surface area contributed by atoms with E-state index in [0.717, 1.165) is 24.3 Å². The maximum Gasteiger partial charge on any atom is 0.573 e. The van der Waals surface area contributed by atoms with Crippen molar-refractivity contribution < 1.29 is 30.9 Å². The monoisotopic (exact) mass is 530 g/mol. The van der Waals surface area contributed by atoms with Crippen LogP contribution in [0.5, 0.6) is 5.75 Å². The van der Waals surface area contributed by atoms with Gasteiger partial charge in [-0.1, -0.05) is 34.5 Å². The van der Waals surface area contributed by atoms with Crippen molar-refractivity contribution in [3.05, 3.63) is 64.0 Å². The zero-order chi connectivity index (χ0) is 22.8. The van der Waals surface area contributed by atoms with Crippen LogP contribution in [0.15, 0.2) is 63.0 Å². The number of halogens is 5. The van der Waals surface area contributed by atoms with Gasteiger partial charge in [-0.25, -0.2) is 13.1 Å². The molecule has 14 heteroatoms. The highest BCUT2D eigenvalue weighted by molar-refractivity contribution is 7.94. The molecule has 1 unspecified atom stereocenters. The number of anilines is 2. The normalized spacial score (nSPS) is 13.0. The molecular formula is C17H11Cl2F3N2O4S3. The fraction of sp³-hybridized carbons (Fsp3) is 0.0588. The summed E-state index contributed by atoms with van der Waals surface area (Å²) in [5.74, 6) is -0.574. The minimum absolute atomic E-state index is 0.0285. The standard InChI is InChI=1S/C17H11Cl2F3N2O4S3/c18-12-8-14(23-30(25)16-2-1-7-29-16)15(9-13(12)19)24-31(26,27)11-5-3-10(4-6-11)28-17(20,21)22/h1-9,23-24H. The molecule has 1 atom stereocenters. The summed E-state index contributed by atoms with van der Waals surface area (Å²) in [6.45, 7) is 0. The first kappa shape index (κ1) is 23.8. The van der Waals surface area contributed by atoms with Gasteiger partial charge in [-0.2, -0.15) is 0 Å². The first-order valence-electron chi connectivity index (χ1n) is 8.04. The molecule has 0 aliphatic carbocycles. The summed E-state index contributed by atoms with van der Waals surface area (Å²) in [7, 11) is -4.24.